The summed E-state index contributed by atoms with van der Waals surface area (Å²) in [5, 5.41) is 8.68. The molecule has 0 amide bonds. The third-order valence-electron chi connectivity index (χ3n) is 1.60. The monoisotopic (exact) mass is 178 g/mol. The fourth-order valence-corrected chi connectivity index (χ4v) is 0.959. The molecule has 13 heavy (non-hydrogen) atoms. The summed E-state index contributed by atoms with van der Waals surface area (Å²) in [5.74, 6) is -0.967. The Bertz CT molecular complexity index is 359. The van der Waals surface area contributed by atoms with E-state index in [1.54, 1.807) is 13.1 Å². The average molecular weight is 178 g/mol. The second-order valence-corrected chi connectivity index (χ2v) is 2.54. The molecule has 0 aliphatic carbocycles. The molecule has 0 fully saturated rings. The first-order valence-corrected chi connectivity index (χ1v) is 3.70. The number of nitrogens with two attached hydrogens (primary N) is 1. The number of hydrogen-bond donors (Lipinski definition) is 2. The topological polar surface area (TPSA) is 75.7 Å². The highest BCUT2D eigenvalue weighted by Crippen LogP contribution is 2.11. The summed E-state index contributed by atoms with van der Waals surface area (Å²) < 4.78 is 0. The van der Waals surface area contributed by atoms with Gasteiger partial charge in [0.25, 0.3) is 0 Å². The van der Waals surface area contributed by atoms with Crippen molar-refractivity contribution in [3.8, 4) is 0 Å². The number of rotatable bonds is 2. The Kier molecular flexibility index (Phi) is 2.64. The van der Waals surface area contributed by atoms with E-state index < -0.39 is 5.97 Å². The van der Waals surface area contributed by atoms with Gasteiger partial charge < -0.3 is 10.8 Å². The van der Waals surface area contributed by atoms with Crippen molar-refractivity contribution in [3.05, 3.63) is 29.3 Å². The van der Waals surface area contributed by atoms with Crippen LogP contribution in [0.5, 0.6) is 0 Å². The van der Waals surface area contributed by atoms with Crippen molar-refractivity contribution < 1.29 is 9.90 Å². The first kappa shape index (κ1) is 9.25. The van der Waals surface area contributed by atoms with Crippen molar-refractivity contribution in [2.24, 2.45) is 4.99 Å². The fourth-order valence-electron chi connectivity index (χ4n) is 0.959. The molecular weight excluding hydrogens is 168 g/mol. The second-order valence-electron chi connectivity index (χ2n) is 2.54. The van der Waals surface area contributed by atoms with E-state index in [-0.39, 0.29) is 5.56 Å². The van der Waals surface area contributed by atoms with Gasteiger partial charge in [0.2, 0.25) is 0 Å². The van der Waals surface area contributed by atoms with Crippen molar-refractivity contribution in [2.75, 3.05) is 12.8 Å². The maximum atomic E-state index is 10.6. The lowest BCUT2D eigenvalue weighted by atomic mass is 10.1. The highest BCUT2D eigenvalue weighted by Gasteiger charge is 2.04. The van der Waals surface area contributed by atoms with E-state index >= 15 is 0 Å². The van der Waals surface area contributed by atoms with Gasteiger partial charge >= 0.3 is 5.97 Å². The number of carboxylic acid groups (broad SMARTS) is 1. The number of benzene rings is 1. The van der Waals surface area contributed by atoms with Crippen LogP contribution in [0.3, 0.4) is 0 Å². The molecule has 0 aliphatic heterocycles. The molecule has 1 aromatic carbocycles. The molecule has 0 atom stereocenters. The molecule has 0 unspecified atom stereocenters. The van der Waals surface area contributed by atoms with Crippen LogP contribution >= 0.6 is 0 Å². The van der Waals surface area contributed by atoms with E-state index in [0.29, 0.717) is 11.3 Å². The first-order chi connectivity index (χ1) is 6.15. The van der Waals surface area contributed by atoms with Gasteiger partial charge in [-0.2, -0.15) is 0 Å². The van der Waals surface area contributed by atoms with Gasteiger partial charge in [-0.15, -0.1) is 0 Å². The Morgan fingerprint density at radius 2 is 2.31 bits per heavy atom. The Morgan fingerprint density at radius 1 is 1.62 bits per heavy atom. The fraction of sp³-hybridized carbons (Fsp3) is 0.111. The van der Waals surface area contributed by atoms with Crippen LogP contribution in [0.2, 0.25) is 0 Å². The highest BCUT2D eigenvalue weighted by molar-refractivity contribution is 5.94. The molecule has 68 valence electrons. The quantitative estimate of drug-likeness (QED) is 0.524. The van der Waals surface area contributed by atoms with Gasteiger partial charge in [-0.05, 0) is 18.2 Å². The minimum Gasteiger partial charge on any atom is -0.478 e. The van der Waals surface area contributed by atoms with Crippen molar-refractivity contribution in [1.82, 2.24) is 0 Å². The summed E-state index contributed by atoms with van der Waals surface area (Å²) in [6, 6.07) is 4.51. The summed E-state index contributed by atoms with van der Waals surface area (Å²) in [7, 11) is 1.60. The minimum absolute atomic E-state index is 0.212. The summed E-state index contributed by atoms with van der Waals surface area (Å²) >= 11 is 0. The molecule has 0 bridgehead atoms. The van der Waals surface area contributed by atoms with Crippen LogP contribution in [0, 0.1) is 0 Å². The van der Waals surface area contributed by atoms with Crippen LogP contribution in [0.25, 0.3) is 0 Å². The first-order valence-electron chi connectivity index (χ1n) is 3.70. The van der Waals surface area contributed by atoms with Crippen LogP contribution in [0.15, 0.2) is 23.2 Å². The molecule has 0 aliphatic rings. The summed E-state index contributed by atoms with van der Waals surface area (Å²) in [6.07, 6.45) is 1.53. The molecule has 4 heteroatoms. The largest absolute Gasteiger partial charge is 0.478 e. The van der Waals surface area contributed by atoms with E-state index in [4.69, 9.17) is 10.8 Å². The Morgan fingerprint density at radius 3 is 2.85 bits per heavy atom. The molecule has 4 nitrogen and oxygen atoms in total. The van der Waals surface area contributed by atoms with Crippen molar-refractivity contribution >= 4 is 17.9 Å². The Hall–Kier alpha value is -1.84. The molecule has 0 spiro atoms. The molecular formula is C9H10N2O2. The second kappa shape index (κ2) is 3.71. The van der Waals surface area contributed by atoms with E-state index in [9.17, 15) is 4.79 Å². The van der Waals surface area contributed by atoms with Gasteiger partial charge in [0.1, 0.15) is 0 Å². The Balaban J connectivity index is 3.18. The van der Waals surface area contributed by atoms with Crippen LogP contribution in [0.1, 0.15) is 15.9 Å². The standard InChI is InChI=1S/C9H10N2O2/c1-11-5-7-4-6(9(12)13)2-3-8(7)10/h2-5H,10H2,1H3,(H,12,13). The zero-order valence-electron chi connectivity index (χ0n) is 7.19. The zero-order valence-corrected chi connectivity index (χ0v) is 7.19. The molecule has 1 rings (SSSR count). The number of nitrogens with zero attached hydrogens (tertiary/aromatic N) is 1. The number of carbonyl (C=O) groups is 1. The third-order valence-corrected chi connectivity index (χ3v) is 1.60. The van der Waals surface area contributed by atoms with Crippen LogP contribution in [-0.2, 0) is 0 Å². The number of nitrogen functional groups attached to an aromatic ring is 1. The third kappa shape index (κ3) is 2.05. The van der Waals surface area contributed by atoms with Crippen LogP contribution in [0.4, 0.5) is 5.69 Å². The minimum atomic E-state index is -0.967. The lowest BCUT2D eigenvalue weighted by Crippen LogP contribution is -2.00. The van der Waals surface area contributed by atoms with Crippen molar-refractivity contribution in [2.45, 2.75) is 0 Å². The van der Waals surface area contributed by atoms with Crippen molar-refractivity contribution in [1.29, 1.82) is 0 Å². The number of aliphatic imine (C=N–C) groups is 1. The summed E-state index contributed by atoms with van der Waals surface area (Å²) in [4.78, 5) is 14.4. The zero-order chi connectivity index (χ0) is 9.84. The molecule has 3 N–H and O–H groups in total. The van der Waals surface area contributed by atoms with Gasteiger partial charge in [0.05, 0.1) is 5.56 Å². The van der Waals surface area contributed by atoms with Gasteiger partial charge in [-0.3, -0.25) is 4.99 Å². The predicted molar refractivity (Wildman–Crippen MR) is 51.3 cm³/mol. The summed E-state index contributed by atoms with van der Waals surface area (Å²) in [6.45, 7) is 0. The maximum absolute atomic E-state index is 10.6. The molecule has 0 heterocycles. The smallest absolute Gasteiger partial charge is 0.335 e. The SMILES string of the molecule is CN=Cc1cc(C(=O)O)ccc1N. The van der Waals surface area contributed by atoms with E-state index in [1.807, 2.05) is 0 Å². The highest BCUT2D eigenvalue weighted by atomic mass is 16.4. The molecule has 0 saturated carbocycles. The van der Waals surface area contributed by atoms with Gasteiger partial charge in [-0.1, -0.05) is 0 Å². The predicted octanol–water partition coefficient (Wildman–Crippen LogP) is 1.02. The lowest BCUT2D eigenvalue weighted by Gasteiger charge is -2.00. The Labute approximate surface area is 75.7 Å². The molecule has 0 saturated heterocycles. The van der Waals surface area contributed by atoms with Gasteiger partial charge in [-0.25, -0.2) is 4.79 Å². The average Bonchev–Trinajstić information content (AvgIpc) is 2.08. The summed E-state index contributed by atoms with van der Waals surface area (Å²) in [5.41, 5.74) is 6.95. The normalized spacial score (nSPS) is 10.5. The number of anilines is 1. The molecule has 1 aromatic rings. The van der Waals surface area contributed by atoms with E-state index in [2.05, 4.69) is 4.99 Å². The maximum Gasteiger partial charge on any atom is 0.335 e. The van der Waals surface area contributed by atoms with Crippen LogP contribution < -0.4 is 5.73 Å². The molecule has 0 aromatic heterocycles. The lowest BCUT2D eigenvalue weighted by molar-refractivity contribution is 0.0697. The van der Waals surface area contributed by atoms with E-state index in [0.717, 1.165) is 0 Å². The van der Waals surface area contributed by atoms with Crippen molar-refractivity contribution in [3.63, 3.8) is 0 Å². The number of carboxylic acids is 1. The van der Waals surface area contributed by atoms with Gasteiger partial charge in [0, 0.05) is 24.5 Å². The van der Waals surface area contributed by atoms with Gasteiger partial charge in [0.15, 0.2) is 0 Å². The molecule has 0 radical (unpaired) electrons. The number of hydrogen-bond acceptors (Lipinski definition) is 3. The van der Waals surface area contributed by atoms with Crippen LogP contribution in [-0.4, -0.2) is 24.3 Å². The number of aromatic carboxylic acids is 1. The van der Waals surface area contributed by atoms with E-state index in [1.165, 1.54) is 18.3 Å².